The van der Waals surface area contributed by atoms with Crippen molar-refractivity contribution in [3.8, 4) is 11.1 Å². The lowest BCUT2D eigenvalue weighted by molar-refractivity contribution is 0.100. The summed E-state index contributed by atoms with van der Waals surface area (Å²) in [5.41, 5.74) is 12.9. The van der Waals surface area contributed by atoms with Crippen LogP contribution in [0.25, 0.3) is 11.1 Å². The summed E-state index contributed by atoms with van der Waals surface area (Å²) in [5, 5.41) is 10.0. The molecule has 0 bridgehead atoms. The number of H-pyrrole nitrogens is 1. The molecule has 0 aliphatic carbocycles. The van der Waals surface area contributed by atoms with Crippen molar-refractivity contribution in [1.29, 1.82) is 0 Å². The number of primary amides is 1. The summed E-state index contributed by atoms with van der Waals surface area (Å²) in [6.45, 7) is 0. The number of amides is 1. The monoisotopic (exact) mass is 362 g/mol. The number of carbonyl (C=O) groups is 1. The predicted octanol–water partition coefficient (Wildman–Crippen LogP) is 3.20. The van der Waals surface area contributed by atoms with Gasteiger partial charge in [0, 0.05) is 16.8 Å². The highest BCUT2D eigenvalue weighted by molar-refractivity contribution is 6.40. The average molecular weight is 363 g/mol. The Morgan fingerprint density at radius 2 is 1.83 bits per heavy atom. The Labute approximate surface area is 147 Å². The molecule has 24 heavy (non-hydrogen) atoms. The number of hydrogen-bond acceptors (Lipinski definition) is 5. The van der Waals surface area contributed by atoms with Gasteiger partial charge in [-0.15, -0.1) is 5.10 Å². The van der Waals surface area contributed by atoms with Gasteiger partial charge in [0.25, 0.3) is 0 Å². The van der Waals surface area contributed by atoms with E-state index in [0.717, 1.165) is 0 Å². The van der Waals surface area contributed by atoms with Crippen molar-refractivity contribution in [2.45, 2.75) is 0 Å². The van der Waals surface area contributed by atoms with E-state index in [4.69, 9.17) is 34.7 Å². The SMILES string of the molecule is NC(=O)c1ccccc1-c1c(Cl)cc(Nc2n[nH]c(N)n2)cc1Cl. The highest BCUT2D eigenvalue weighted by Gasteiger charge is 2.16. The van der Waals surface area contributed by atoms with E-state index < -0.39 is 5.91 Å². The number of nitrogens with zero attached hydrogens (tertiary/aromatic N) is 2. The summed E-state index contributed by atoms with van der Waals surface area (Å²) in [5.74, 6) is -0.0947. The fourth-order valence-corrected chi connectivity index (χ4v) is 2.97. The second-order valence-electron chi connectivity index (χ2n) is 4.89. The number of aromatic nitrogens is 3. The van der Waals surface area contributed by atoms with Gasteiger partial charge in [0.15, 0.2) is 0 Å². The highest BCUT2D eigenvalue weighted by Crippen LogP contribution is 2.39. The Morgan fingerprint density at radius 1 is 1.17 bits per heavy atom. The smallest absolute Gasteiger partial charge is 0.249 e. The van der Waals surface area contributed by atoms with Crippen molar-refractivity contribution in [1.82, 2.24) is 15.2 Å². The summed E-state index contributed by atoms with van der Waals surface area (Å²) in [4.78, 5) is 15.6. The van der Waals surface area contributed by atoms with E-state index in [9.17, 15) is 4.79 Å². The van der Waals surface area contributed by atoms with E-state index in [2.05, 4.69) is 20.5 Å². The Balaban J connectivity index is 2.04. The van der Waals surface area contributed by atoms with Crippen LogP contribution in [0.15, 0.2) is 36.4 Å². The van der Waals surface area contributed by atoms with Crippen molar-refractivity contribution in [2.24, 2.45) is 5.73 Å². The zero-order valence-electron chi connectivity index (χ0n) is 12.2. The molecule has 1 aromatic heterocycles. The fourth-order valence-electron chi connectivity index (χ4n) is 2.28. The van der Waals surface area contributed by atoms with Crippen molar-refractivity contribution in [3.63, 3.8) is 0 Å². The molecule has 122 valence electrons. The molecule has 1 amide bonds. The maximum absolute atomic E-state index is 11.6. The van der Waals surface area contributed by atoms with Crippen LogP contribution in [0.5, 0.6) is 0 Å². The molecule has 2 aromatic carbocycles. The van der Waals surface area contributed by atoms with Gasteiger partial charge in [0.05, 0.1) is 10.0 Å². The van der Waals surface area contributed by atoms with E-state index in [0.29, 0.717) is 32.4 Å². The molecular formula is C15H12Cl2N6O. The minimum atomic E-state index is -0.559. The van der Waals surface area contributed by atoms with Crippen LogP contribution < -0.4 is 16.8 Å². The van der Waals surface area contributed by atoms with Crippen LogP contribution in [0.4, 0.5) is 17.6 Å². The predicted molar refractivity (Wildman–Crippen MR) is 94.5 cm³/mol. The fraction of sp³-hybridized carbons (Fsp3) is 0. The van der Waals surface area contributed by atoms with Crippen LogP contribution >= 0.6 is 23.2 Å². The number of halogens is 2. The van der Waals surface area contributed by atoms with Crippen LogP contribution in [0.3, 0.4) is 0 Å². The van der Waals surface area contributed by atoms with E-state index >= 15 is 0 Å². The molecule has 1 heterocycles. The topological polar surface area (TPSA) is 123 Å². The van der Waals surface area contributed by atoms with Gasteiger partial charge in [-0.25, -0.2) is 5.10 Å². The third-order valence-electron chi connectivity index (χ3n) is 3.26. The normalized spacial score (nSPS) is 10.6. The van der Waals surface area contributed by atoms with Gasteiger partial charge in [0.1, 0.15) is 0 Å². The number of aromatic amines is 1. The van der Waals surface area contributed by atoms with Crippen molar-refractivity contribution < 1.29 is 4.79 Å². The first-order valence-corrected chi connectivity index (χ1v) is 7.54. The molecular weight excluding hydrogens is 351 g/mol. The van der Waals surface area contributed by atoms with Gasteiger partial charge in [-0.3, -0.25) is 4.79 Å². The first-order chi connectivity index (χ1) is 11.5. The van der Waals surface area contributed by atoms with Gasteiger partial charge in [-0.1, -0.05) is 41.4 Å². The van der Waals surface area contributed by atoms with Crippen LogP contribution in [0.2, 0.25) is 10.0 Å². The second kappa shape index (κ2) is 6.38. The lowest BCUT2D eigenvalue weighted by atomic mass is 9.99. The summed E-state index contributed by atoms with van der Waals surface area (Å²) in [6, 6.07) is 10.1. The standard InChI is InChI=1S/C15H12Cl2N6O/c16-10-5-7(20-15-21-14(19)22-23-15)6-11(17)12(10)8-3-1-2-4-9(8)13(18)24/h1-6H,(H2,18,24)(H4,19,20,21,22,23). The first kappa shape index (κ1) is 16.1. The molecule has 3 rings (SSSR count). The molecule has 0 spiro atoms. The largest absolute Gasteiger partial charge is 0.368 e. The molecule has 0 saturated heterocycles. The van der Waals surface area contributed by atoms with Gasteiger partial charge in [0.2, 0.25) is 17.8 Å². The van der Waals surface area contributed by atoms with Gasteiger partial charge >= 0.3 is 0 Å². The number of nitrogen functional groups attached to an aromatic ring is 1. The maximum atomic E-state index is 11.6. The second-order valence-corrected chi connectivity index (χ2v) is 5.71. The number of rotatable bonds is 4. The first-order valence-electron chi connectivity index (χ1n) is 6.79. The molecule has 6 N–H and O–H groups in total. The number of hydrogen-bond donors (Lipinski definition) is 4. The lowest BCUT2D eigenvalue weighted by Crippen LogP contribution is -2.12. The Hall–Kier alpha value is -2.77. The van der Waals surface area contributed by atoms with E-state index in [1.165, 1.54) is 0 Å². The highest BCUT2D eigenvalue weighted by atomic mass is 35.5. The molecule has 0 atom stereocenters. The minimum Gasteiger partial charge on any atom is -0.368 e. The molecule has 3 aromatic rings. The Morgan fingerprint density at radius 3 is 2.42 bits per heavy atom. The molecule has 9 heteroatoms. The van der Waals surface area contributed by atoms with Gasteiger partial charge in [-0.05, 0) is 23.8 Å². The molecule has 7 nitrogen and oxygen atoms in total. The van der Waals surface area contributed by atoms with Crippen LogP contribution in [-0.4, -0.2) is 21.1 Å². The van der Waals surface area contributed by atoms with E-state index in [-0.39, 0.29) is 11.9 Å². The number of carbonyl (C=O) groups excluding carboxylic acids is 1. The molecule has 0 fully saturated rings. The van der Waals surface area contributed by atoms with Crippen molar-refractivity contribution in [3.05, 3.63) is 52.0 Å². The number of nitrogens with one attached hydrogen (secondary N) is 2. The zero-order valence-corrected chi connectivity index (χ0v) is 13.7. The summed E-state index contributed by atoms with van der Waals surface area (Å²) in [6.07, 6.45) is 0. The molecule has 0 radical (unpaired) electrons. The lowest BCUT2D eigenvalue weighted by Gasteiger charge is -2.13. The summed E-state index contributed by atoms with van der Waals surface area (Å²) < 4.78 is 0. The Kier molecular flexibility index (Phi) is 4.28. The molecule has 0 unspecified atom stereocenters. The van der Waals surface area contributed by atoms with E-state index in [1.807, 2.05) is 0 Å². The Bertz CT molecular complexity index is 901. The van der Waals surface area contributed by atoms with Crippen LogP contribution in [0.1, 0.15) is 10.4 Å². The molecule has 0 saturated carbocycles. The van der Waals surface area contributed by atoms with E-state index in [1.54, 1.807) is 36.4 Å². The summed E-state index contributed by atoms with van der Waals surface area (Å²) >= 11 is 12.7. The van der Waals surface area contributed by atoms with Crippen molar-refractivity contribution in [2.75, 3.05) is 11.1 Å². The minimum absolute atomic E-state index is 0.182. The average Bonchev–Trinajstić information content (AvgIpc) is 2.92. The van der Waals surface area contributed by atoms with Crippen LogP contribution in [-0.2, 0) is 0 Å². The number of anilines is 3. The quantitative estimate of drug-likeness (QED) is 0.567. The van der Waals surface area contributed by atoms with Gasteiger partial charge in [-0.2, -0.15) is 4.98 Å². The third kappa shape index (κ3) is 3.12. The van der Waals surface area contributed by atoms with Crippen LogP contribution in [0, 0.1) is 0 Å². The van der Waals surface area contributed by atoms with Gasteiger partial charge < -0.3 is 16.8 Å². The maximum Gasteiger partial charge on any atom is 0.249 e. The third-order valence-corrected chi connectivity index (χ3v) is 3.86. The molecule has 0 aliphatic heterocycles. The zero-order chi connectivity index (χ0) is 17.3. The molecule has 0 aliphatic rings. The summed E-state index contributed by atoms with van der Waals surface area (Å²) in [7, 11) is 0. The van der Waals surface area contributed by atoms with Crippen molar-refractivity contribution >= 4 is 46.7 Å². The number of benzene rings is 2. The number of nitrogens with two attached hydrogens (primary N) is 2.